The first kappa shape index (κ1) is 14.9. The summed E-state index contributed by atoms with van der Waals surface area (Å²) in [6.07, 6.45) is 5.54. The second-order valence-corrected chi connectivity index (χ2v) is 6.34. The highest BCUT2D eigenvalue weighted by Gasteiger charge is 2.24. The monoisotopic (exact) mass is 242 g/mol. The van der Waals surface area contributed by atoms with E-state index >= 15 is 0 Å². The summed E-state index contributed by atoms with van der Waals surface area (Å²) < 4.78 is 5.49. The lowest BCUT2D eigenvalue weighted by atomic mass is 9.92. The quantitative estimate of drug-likeness (QED) is 0.800. The first-order chi connectivity index (χ1) is 7.92. The summed E-state index contributed by atoms with van der Waals surface area (Å²) in [5, 5.41) is 3.54. The van der Waals surface area contributed by atoms with Crippen LogP contribution in [0.2, 0.25) is 0 Å². The van der Waals surface area contributed by atoms with Crippen molar-refractivity contribution in [2.24, 2.45) is 0 Å². The molecule has 1 aliphatic rings. The minimum Gasteiger partial charge on any atom is -0.381 e. The zero-order valence-corrected chi connectivity index (χ0v) is 12.3. The molecule has 17 heavy (non-hydrogen) atoms. The van der Waals surface area contributed by atoms with Crippen LogP contribution >= 0.6 is 0 Å². The Morgan fingerprint density at radius 1 is 1.29 bits per heavy atom. The fraction of sp³-hybridized carbons (Fsp3) is 1.00. The van der Waals surface area contributed by atoms with Gasteiger partial charge in [-0.3, -0.25) is 0 Å². The third kappa shape index (κ3) is 5.84. The van der Waals surface area contributed by atoms with Gasteiger partial charge in [0.2, 0.25) is 0 Å². The Labute approximate surface area is 107 Å². The molecule has 3 heteroatoms. The summed E-state index contributed by atoms with van der Waals surface area (Å²) in [6, 6.07) is 0.704. The molecule has 0 aliphatic heterocycles. The Kier molecular flexibility index (Phi) is 5.90. The van der Waals surface area contributed by atoms with E-state index in [4.69, 9.17) is 4.74 Å². The van der Waals surface area contributed by atoms with Crippen molar-refractivity contribution in [2.75, 3.05) is 27.2 Å². The molecule has 2 unspecified atom stereocenters. The third-order valence-electron chi connectivity index (χ3n) is 3.67. The van der Waals surface area contributed by atoms with Crippen molar-refractivity contribution in [3.63, 3.8) is 0 Å². The number of rotatable bonds is 5. The Bertz CT molecular complexity index is 213. The molecule has 1 N–H and O–H groups in total. The SMILES string of the molecule is COC1CCCC(N(C)CCNC(C)(C)C)C1. The molecule has 1 aliphatic carbocycles. The van der Waals surface area contributed by atoms with Gasteiger partial charge in [-0.1, -0.05) is 0 Å². The third-order valence-corrected chi connectivity index (χ3v) is 3.67. The Balaban J connectivity index is 2.24. The molecule has 0 aromatic heterocycles. The second-order valence-electron chi connectivity index (χ2n) is 6.34. The molecule has 0 bridgehead atoms. The van der Waals surface area contributed by atoms with E-state index in [1.807, 2.05) is 7.11 Å². The highest BCUT2D eigenvalue weighted by Crippen LogP contribution is 2.23. The lowest BCUT2D eigenvalue weighted by molar-refractivity contribution is 0.0346. The number of methoxy groups -OCH3 is 1. The topological polar surface area (TPSA) is 24.5 Å². The van der Waals surface area contributed by atoms with Crippen LogP contribution in [0, 0.1) is 0 Å². The van der Waals surface area contributed by atoms with Gasteiger partial charge in [0.1, 0.15) is 0 Å². The van der Waals surface area contributed by atoms with Crippen molar-refractivity contribution >= 4 is 0 Å². The smallest absolute Gasteiger partial charge is 0.0586 e. The number of nitrogens with one attached hydrogen (secondary N) is 1. The summed E-state index contributed by atoms with van der Waals surface area (Å²) >= 11 is 0. The van der Waals surface area contributed by atoms with Crippen LogP contribution in [0.25, 0.3) is 0 Å². The molecule has 1 rings (SSSR count). The van der Waals surface area contributed by atoms with Crippen LogP contribution in [-0.4, -0.2) is 49.8 Å². The normalized spacial score (nSPS) is 26.5. The van der Waals surface area contributed by atoms with Crippen LogP contribution in [0.4, 0.5) is 0 Å². The molecule has 0 amide bonds. The standard InChI is InChI=1S/C14H30N2O/c1-14(2,3)15-9-10-16(4)12-7-6-8-13(11-12)17-5/h12-13,15H,6-11H2,1-5H3. The van der Waals surface area contributed by atoms with Crippen molar-refractivity contribution in [1.82, 2.24) is 10.2 Å². The Morgan fingerprint density at radius 2 is 2.00 bits per heavy atom. The summed E-state index contributed by atoms with van der Waals surface area (Å²) in [5.41, 5.74) is 0.225. The van der Waals surface area contributed by atoms with Gasteiger partial charge < -0.3 is 15.0 Å². The Hall–Kier alpha value is -0.120. The summed E-state index contributed by atoms with van der Waals surface area (Å²) in [7, 11) is 4.08. The van der Waals surface area contributed by atoms with E-state index < -0.39 is 0 Å². The lowest BCUT2D eigenvalue weighted by Crippen LogP contribution is -2.44. The minimum atomic E-state index is 0.225. The highest BCUT2D eigenvalue weighted by atomic mass is 16.5. The van der Waals surface area contributed by atoms with Crippen LogP contribution < -0.4 is 5.32 Å². The van der Waals surface area contributed by atoms with Crippen LogP contribution in [0.15, 0.2) is 0 Å². The summed E-state index contributed by atoms with van der Waals surface area (Å²) in [6.45, 7) is 8.84. The van der Waals surface area contributed by atoms with Gasteiger partial charge in [-0.15, -0.1) is 0 Å². The maximum absolute atomic E-state index is 5.49. The Morgan fingerprint density at radius 3 is 2.59 bits per heavy atom. The van der Waals surface area contributed by atoms with Crippen LogP contribution in [0.3, 0.4) is 0 Å². The molecule has 0 radical (unpaired) electrons. The minimum absolute atomic E-state index is 0.225. The number of hydrogen-bond acceptors (Lipinski definition) is 3. The second kappa shape index (κ2) is 6.72. The van der Waals surface area contributed by atoms with Crippen LogP contribution in [0.5, 0.6) is 0 Å². The largest absolute Gasteiger partial charge is 0.381 e. The van der Waals surface area contributed by atoms with E-state index in [1.165, 1.54) is 25.7 Å². The predicted octanol–water partition coefficient (Wildman–Crippen LogP) is 2.26. The number of nitrogens with zero attached hydrogens (tertiary/aromatic N) is 1. The van der Waals surface area contributed by atoms with Crippen molar-refractivity contribution in [2.45, 2.75) is 64.1 Å². The van der Waals surface area contributed by atoms with Crippen molar-refractivity contribution in [3.8, 4) is 0 Å². The fourth-order valence-electron chi connectivity index (χ4n) is 2.52. The van der Waals surface area contributed by atoms with Gasteiger partial charge in [-0.2, -0.15) is 0 Å². The van der Waals surface area contributed by atoms with Crippen molar-refractivity contribution in [1.29, 1.82) is 0 Å². The molecule has 1 saturated carbocycles. The van der Waals surface area contributed by atoms with Gasteiger partial charge in [0.15, 0.2) is 0 Å². The van der Waals surface area contributed by atoms with E-state index in [9.17, 15) is 0 Å². The van der Waals surface area contributed by atoms with Gasteiger partial charge in [0, 0.05) is 31.8 Å². The van der Waals surface area contributed by atoms with Gasteiger partial charge in [-0.25, -0.2) is 0 Å². The van der Waals surface area contributed by atoms with Crippen LogP contribution in [0.1, 0.15) is 46.5 Å². The summed E-state index contributed by atoms with van der Waals surface area (Å²) in [5.74, 6) is 0. The number of likely N-dealkylation sites (N-methyl/N-ethyl adjacent to an activating group) is 1. The average Bonchev–Trinajstić information content (AvgIpc) is 2.27. The number of ether oxygens (including phenoxy) is 1. The molecule has 0 aromatic carbocycles. The number of hydrogen-bond donors (Lipinski definition) is 1. The van der Waals surface area contributed by atoms with E-state index in [0.717, 1.165) is 13.1 Å². The predicted molar refractivity (Wildman–Crippen MR) is 73.4 cm³/mol. The van der Waals surface area contributed by atoms with E-state index in [2.05, 4.69) is 38.0 Å². The molecule has 0 saturated heterocycles. The molecule has 0 aromatic rings. The van der Waals surface area contributed by atoms with E-state index in [1.54, 1.807) is 0 Å². The van der Waals surface area contributed by atoms with Crippen molar-refractivity contribution < 1.29 is 4.74 Å². The first-order valence-corrected chi connectivity index (χ1v) is 6.90. The van der Waals surface area contributed by atoms with E-state index in [0.29, 0.717) is 12.1 Å². The lowest BCUT2D eigenvalue weighted by Gasteiger charge is -2.35. The average molecular weight is 242 g/mol. The van der Waals surface area contributed by atoms with Gasteiger partial charge in [0.05, 0.1) is 6.10 Å². The molecular formula is C14H30N2O. The molecule has 102 valence electrons. The van der Waals surface area contributed by atoms with Gasteiger partial charge in [0.25, 0.3) is 0 Å². The summed E-state index contributed by atoms with van der Waals surface area (Å²) in [4.78, 5) is 2.49. The van der Waals surface area contributed by atoms with Crippen molar-refractivity contribution in [3.05, 3.63) is 0 Å². The fourth-order valence-corrected chi connectivity index (χ4v) is 2.52. The molecular weight excluding hydrogens is 212 g/mol. The maximum atomic E-state index is 5.49. The first-order valence-electron chi connectivity index (χ1n) is 6.90. The maximum Gasteiger partial charge on any atom is 0.0586 e. The highest BCUT2D eigenvalue weighted by molar-refractivity contribution is 4.80. The van der Waals surface area contributed by atoms with E-state index in [-0.39, 0.29) is 5.54 Å². The molecule has 2 atom stereocenters. The molecule has 0 heterocycles. The zero-order valence-electron chi connectivity index (χ0n) is 12.3. The molecule has 1 fully saturated rings. The van der Waals surface area contributed by atoms with Gasteiger partial charge >= 0.3 is 0 Å². The van der Waals surface area contributed by atoms with Gasteiger partial charge in [-0.05, 0) is 53.5 Å². The molecule has 3 nitrogen and oxygen atoms in total. The zero-order chi connectivity index (χ0) is 12.9. The molecule has 0 spiro atoms. The van der Waals surface area contributed by atoms with Crippen LogP contribution in [-0.2, 0) is 4.74 Å².